The lowest BCUT2D eigenvalue weighted by molar-refractivity contribution is -0.144. The summed E-state index contributed by atoms with van der Waals surface area (Å²) in [4.78, 5) is 38.6. The number of fused-ring (bicyclic) bond motifs is 3. The van der Waals surface area contributed by atoms with Crippen molar-refractivity contribution in [3.05, 3.63) is 59.7 Å². The zero-order chi connectivity index (χ0) is 24.2. The quantitative estimate of drug-likeness (QED) is 0.609. The largest absolute Gasteiger partial charge is 0.481 e. The third-order valence-corrected chi connectivity index (χ3v) is 7.09. The Bertz CT molecular complexity index is 1020. The van der Waals surface area contributed by atoms with Crippen LogP contribution in [0.5, 0.6) is 0 Å². The molecule has 2 aliphatic carbocycles. The number of rotatable bonds is 8. The molecular weight excluding hydrogens is 432 g/mol. The molecule has 180 valence electrons. The van der Waals surface area contributed by atoms with Crippen molar-refractivity contribution in [3.8, 4) is 11.1 Å². The summed E-state index contributed by atoms with van der Waals surface area (Å²) in [5, 5.41) is 12.1. The maximum Gasteiger partial charge on any atom is 0.407 e. The molecule has 1 fully saturated rings. The number of aliphatic carboxylic acids is 1. The fraction of sp³-hybridized carbons (Fsp3) is 0.444. The van der Waals surface area contributed by atoms with Crippen molar-refractivity contribution in [1.82, 2.24) is 10.2 Å². The van der Waals surface area contributed by atoms with Crippen LogP contribution >= 0.6 is 0 Å². The highest BCUT2D eigenvalue weighted by molar-refractivity contribution is 5.82. The van der Waals surface area contributed by atoms with Crippen LogP contribution in [-0.2, 0) is 14.3 Å². The number of carbonyl (C=O) groups excluding carboxylic acids is 2. The van der Waals surface area contributed by atoms with Crippen LogP contribution in [0.1, 0.15) is 50.2 Å². The Kier molecular flexibility index (Phi) is 7.20. The number of alkyl carbamates (subject to hydrolysis) is 1. The normalized spacial score (nSPS) is 19.7. The molecule has 4 rings (SSSR count). The summed E-state index contributed by atoms with van der Waals surface area (Å²) in [5.74, 6) is -2.05. The highest BCUT2D eigenvalue weighted by Gasteiger charge is 2.37. The number of benzene rings is 2. The summed E-state index contributed by atoms with van der Waals surface area (Å²) >= 11 is 0. The van der Waals surface area contributed by atoms with Crippen LogP contribution < -0.4 is 5.32 Å². The smallest absolute Gasteiger partial charge is 0.407 e. The summed E-state index contributed by atoms with van der Waals surface area (Å²) in [5.41, 5.74) is 4.64. The fourth-order valence-corrected chi connectivity index (χ4v) is 5.24. The number of hydrogen-bond acceptors (Lipinski definition) is 4. The van der Waals surface area contributed by atoms with Gasteiger partial charge in [-0.2, -0.15) is 0 Å². The number of nitrogens with zero attached hydrogens (tertiary/aromatic N) is 1. The third kappa shape index (κ3) is 4.79. The molecule has 0 radical (unpaired) electrons. The van der Waals surface area contributed by atoms with Gasteiger partial charge in [0, 0.05) is 25.0 Å². The van der Waals surface area contributed by atoms with Crippen molar-refractivity contribution in [3.63, 3.8) is 0 Å². The Morgan fingerprint density at radius 2 is 1.68 bits per heavy atom. The van der Waals surface area contributed by atoms with Crippen molar-refractivity contribution in [2.24, 2.45) is 11.8 Å². The van der Waals surface area contributed by atoms with E-state index in [0.717, 1.165) is 17.5 Å². The SMILES string of the molecule is CCN(CC(C)C(=O)O)C(=O)C1CCCC1NC(=O)OCC1c2ccccc2-c2ccccc21. The van der Waals surface area contributed by atoms with E-state index in [1.807, 2.05) is 31.2 Å². The van der Waals surface area contributed by atoms with Crippen LogP contribution in [0.3, 0.4) is 0 Å². The molecule has 0 aliphatic heterocycles. The minimum Gasteiger partial charge on any atom is -0.481 e. The van der Waals surface area contributed by atoms with E-state index >= 15 is 0 Å². The zero-order valence-electron chi connectivity index (χ0n) is 19.7. The molecule has 34 heavy (non-hydrogen) atoms. The molecule has 2 aromatic rings. The molecule has 0 heterocycles. The molecule has 0 aromatic heterocycles. The first-order valence-electron chi connectivity index (χ1n) is 12.0. The van der Waals surface area contributed by atoms with E-state index in [1.54, 1.807) is 11.8 Å². The van der Waals surface area contributed by atoms with Crippen molar-refractivity contribution >= 4 is 18.0 Å². The standard InChI is InChI=1S/C27H32N2O5/c1-3-29(15-17(2)26(31)32)25(30)22-13-8-14-24(22)28-27(33)34-16-23-20-11-6-4-9-18(20)19-10-5-7-12-21(19)23/h4-7,9-12,17,22-24H,3,8,13-16H2,1-2H3,(H,28,33)(H,31,32). The second-order valence-corrected chi connectivity index (χ2v) is 9.23. The Morgan fingerprint density at radius 1 is 1.06 bits per heavy atom. The molecule has 0 spiro atoms. The number of carbonyl (C=O) groups is 3. The van der Waals surface area contributed by atoms with Gasteiger partial charge in [-0.15, -0.1) is 0 Å². The Morgan fingerprint density at radius 3 is 2.26 bits per heavy atom. The Hall–Kier alpha value is -3.35. The summed E-state index contributed by atoms with van der Waals surface area (Å²) in [6.07, 6.45) is 1.68. The van der Waals surface area contributed by atoms with E-state index in [-0.39, 0.29) is 36.9 Å². The molecule has 3 unspecified atom stereocenters. The van der Waals surface area contributed by atoms with E-state index in [1.165, 1.54) is 11.1 Å². The number of hydrogen-bond donors (Lipinski definition) is 2. The molecule has 2 amide bonds. The van der Waals surface area contributed by atoms with Crippen LogP contribution in [-0.4, -0.2) is 53.7 Å². The van der Waals surface area contributed by atoms with Gasteiger partial charge in [0.25, 0.3) is 0 Å². The monoisotopic (exact) mass is 464 g/mol. The number of amides is 2. The van der Waals surface area contributed by atoms with Crippen molar-refractivity contribution in [2.75, 3.05) is 19.7 Å². The van der Waals surface area contributed by atoms with E-state index in [9.17, 15) is 19.5 Å². The minimum atomic E-state index is -0.925. The van der Waals surface area contributed by atoms with Gasteiger partial charge in [-0.05, 0) is 42.0 Å². The first-order valence-corrected chi connectivity index (χ1v) is 12.0. The lowest BCUT2D eigenvalue weighted by Crippen LogP contribution is -2.47. The Balaban J connectivity index is 1.37. The van der Waals surface area contributed by atoms with E-state index in [0.29, 0.717) is 19.4 Å². The van der Waals surface area contributed by atoms with Gasteiger partial charge in [0.05, 0.1) is 11.8 Å². The molecule has 7 heteroatoms. The van der Waals surface area contributed by atoms with Gasteiger partial charge in [-0.3, -0.25) is 9.59 Å². The molecule has 2 aliphatic rings. The molecule has 2 N–H and O–H groups in total. The van der Waals surface area contributed by atoms with Gasteiger partial charge in [-0.1, -0.05) is 61.9 Å². The second-order valence-electron chi connectivity index (χ2n) is 9.23. The highest BCUT2D eigenvalue weighted by atomic mass is 16.5. The first-order chi connectivity index (χ1) is 16.4. The molecule has 0 bridgehead atoms. The average molecular weight is 465 g/mol. The number of carboxylic acids is 1. The summed E-state index contributed by atoms with van der Waals surface area (Å²) in [6, 6.07) is 16.0. The minimum absolute atomic E-state index is 0.0211. The van der Waals surface area contributed by atoms with Crippen molar-refractivity contribution in [1.29, 1.82) is 0 Å². The van der Waals surface area contributed by atoms with Crippen LogP contribution in [0, 0.1) is 11.8 Å². The van der Waals surface area contributed by atoms with Crippen LogP contribution in [0.15, 0.2) is 48.5 Å². The second kappa shape index (κ2) is 10.3. The van der Waals surface area contributed by atoms with Gasteiger partial charge < -0.3 is 20.1 Å². The van der Waals surface area contributed by atoms with E-state index in [2.05, 4.69) is 29.6 Å². The number of nitrogens with one attached hydrogen (secondary N) is 1. The van der Waals surface area contributed by atoms with Crippen LogP contribution in [0.2, 0.25) is 0 Å². The summed E-state index contributed by atoms with van der Waals surface area (Å²) in [6.45, 7) is 4.26. The lowest BCUT2D eigenvalue weighted by atomic mass is 9.98. The third-order valence-electron chi connectivity index (χ3n) is 7.09. The molecule has 0 saturated heterocycles. The summed E-state index contributed by atoms with van der Waals surface area (Å²) < 4.78 is 5.66. The van der Waals surface area contributed by atoms with Gasteiger partial charge in [0.15, 0.2) is 0 Å². The van der Waals surface area contributed by atoms with Gasteiger partial charge in [0.2, 0.25) is 5.91 Å². The fourth-order valence-electron chi connectivity index (χ4n) is 5.24. The average Bonchev–Trinajstić information content (AvgIpc) is 3.43. The topological polar surface area (TPSA) is 95.9 Å². The maximum atomic E-state index is 13.1. The van der Waals surface area contributed by atoms with Crippen LogP contribution in [0.4, 0.5) is 4.79 Å². The van der Waals surface area contributed by atoms with Crippen molar-refractivity contribution < 1.29 is 24.2 Å². The molecule has 1 saturated carbocycles. The van der Waals surface area contributed by atoms with Crippen LogP contribution in [0.25, 0.3) is 11.1 Å². The highest BCUT2D eigenvalue weighted by Crippen LogP contribution is 2.44. The van der Waals surface area contributed by atoms with Gasteiger partial charge in [-0.25, -0.2) is 4.79 Å². The predicted molar refractivity (Wildman–Crippen MR) is 128 cm³/mol. The molecule has 3 atom stereocenters. The first kappa shape index (κ1) is 23.8. The van der Waals surface area contributed by atoms with Gasteiger partial charge >= 0.3 is 12.1 Å². The molecule has 2 aromatic carbocycles. The number of ether oxygens (including phenoxy) is 1. The maximum absolute atomic E-state index is 13.1. The lowest BCUT2D eigenvalue weighted by Gasteiger charge is -2.29. The predicted octanol–water partition coefficient (Wildman–Crippen LogP) is 4.26. The van der Waals surface area contributed by atoms with Gasteiger partial charge in [0.1, 0.15) is 6.61 Å². The van der Waals surface area contributed by atoms with E-state index < -0.39 is 18.0 Å². The number of carboxylic acid groups (broad SMARTS) is 1. The summed E-state index contributed by atoms with van der Waals surface area (Å²) in [7, 11) is 0. The van der Waals surface area contributed by atoms with E-state index in [4.69, 9.17) is 4.74 Å². The van der Waals surface area contributed by atoms with Crippen molar-refractivity contribution in [2.45, 2.75) is 45.1 Å². The molecule has 7 nitrogen and oxygen atoms in total. The molecular formula is C27H32N2O5. The Labute approximate surface area is 200 Å². The zero-order valence-corrected chi connectivity index (χ0v) is 19.7.